The van der Waals surface area contributed by atoms with Gasteiger partial charge in [-0.25, -0.2) is 9.97 Å². The molecule has 0 aliphatic rings. The lowest BCUT2D eigenvalue weighted by atomic mass is 10.3. The number of H-pyrrole nitrogens is 1. The molecule has 0 aromatic carbocycles. The summed E-state index contributed by atoms with van der Waals surface area (Å²) >= 11 is 1.58. The van der Waals surface area contributed by atoms with Gasteiger partial charge in [-0.15, -0.1) is 11.3 Å². The van der Waals surface area contributed by atoms with Crippen LogP contribution >= 0.6 is 11.3 Å². The third kappa shape index (κ3) is 1.73. The van der Waals surface area contributed by atoms with Gasteiger partial charge in [-0.05, 0) is 13.5 Å². The summed E-state index contributed by atoms with van der Waals surface area (Å²) in [6, 6.07) is 0. The fourth-order valence-electron chi connectivity index (χ4n) is 1.72. The van der Waals surface area contributed by atoms with Gasteiger partial charge in [0.05, 0.1) is 5.69 Å². The lowest BCUT2D eigenvalue weighted by Crippen LogP contribution is -2.02. The number of hydrogen-bond donors (Lipinski definition) is 2. The number of hydrogen-bond acceptors (Lipinski definition) is 5. The van der Waals surface area contributed by atoms with Gasteiger partial charge < -0.3 is 5.73 Å². The van der Waals surface area contributed by atoms with Crippen molar-refractivity contribution in [2.75, 3.05) is 6.54 Å². The maximum Gasteiger partial charge on any atom is 0.199 e. The number of nitrogens with zero attached hydrogens (tertiary/aromatic N) is 4. The standard InChI is InChI=1S/C10H12N6S/c1-6-12-9(15-14-6)8-5-17-10-13-7(2-3-11)4-16(8)10/h4-5H,2-3,11H2,1H3,(H,12,14,15). The van der Waals surface area contributed by atoms with Gasteiger partial charge in [-0.2, -0.15) is 5.10 Å². The van der Waals surface area contributed by atoms with Crippen LogP contribution in [0.15, 0.2) is 11.6 Å². The average Bonchev–Trinajstić information content (AvgIpc) is 2.93. The normalized spacial score (nSPS) is 11.4. The highest BCUT2D eigenvalue weighted by molar-refractivity contribution is 7.15. The van der Waals surface area contributed by atoms with Crippen molar-refractivity contribution in [1.29, 1.82) is 0 Å². The van der Waals surface area contributed by atoms with E-state index >= 15 is 0 Å². The largest absolute Gasteiger partial charge is 0.330 e. The minimum atomic E-state index is 0.611. The summed E-state index contributed by atoms with van der Waals surface area (Å²) in [7, 11) is 0. The summed E-state index contributed by atoms with van der Waals surface area (Å²) in [5.74, 6) is 1.51. The Morgan fingerprint density at radius 3 is 3.06 bits per heavy atom. The number of fused-ring (bicyclic) bond motifs is 1. The van der Waals surface area contributed by atoms with E-state index in [1.54, 1.807) is 11.3 Å². The number of nitrogens with one attached hydrogen (secondary N) is 1. The molecule has 0 radical (unpaired) electrons. The fraction of sp³-hybridized carbons (Fsp3) is 0.300. The Morgan fingerprint density at radius 2 is 2.35 bits per heavy atom. The van der Waals surface area contributed by atoms with Crippen LogP contribution in [0.1, 0.15) is 11.5 Å². The zero-order valence-electron chi connectivity index (χ0n) is 9.34. The molecule has 6 nitrogen and oxygen atoms in total. The summed E-state index contributed by atoms with van der Waals surface area (Å²) in [5, 5.41) is 9.02. The second-order valence-corrected chi connectivity index (χ2v) is 4.63. The molecule has 0 aliphatic carbocycles. The minimum Gasteiger partial charge on any atom is -0.330 e. The number of aromatic nitrogens is 5. The third-order valence-electron chi connectivity index (χ3n) is 2.49. The highest BCUT2D eigenvalue weighted by atomic mass is 32.1. The second-order valence-electron chi connectivity index (χ2n) is 3.79. The molecule has 3 heterocycles. The summed E-state index contributed by atoms with van der Waals surface area (Å²) in [6.07, 6.45) is 2.79. The molecule has 0 fully saturated rings. The lowest BCUT2D eigenvalue weighted by Gasteiger charge is -1.91. The van der Waals surface area contributed by atoms with E-state index in [1.807, 2.05) is 22.9 Å². The number of thiazole rings is 1. The molecule has 0 saturated heterocycles. The van der Waals surface area contributed by atoms with Crippen LogP contribution < -0.4 is 5.73 Å². The Hall–Kier alpha value is -1.73. The summed E-state index contributed by atoms with van der Waals surface area (Å²) < 4.78 is 2.01. The Balaban J connectivity index is 2.10. The number of imidazole rings is 1. The predicted octanol–water partition coefficient (Wildman–Crippen LogP) is 0.991. The van der Waals surface area contributed by atoms with Gasteiger partial charge in [-0.1, -0.05) is 0 Å². The minimum absolute atomic E-state index is 0.611. The number of nitrogens with two attached hydrogens (primary N) is 1. The molecule has 0 saturated carbocycles. The van der Waals surface area contributed by atoms with E-state index in [0.717, 1.165) is 28.6 Å². The first-order valence-corrected chi connectivity index (χ1v) is 6.21. The van der Waals surface area contributed by atoms with Crippen LogP contribution in [-0.4, -0.2) is 31.1 Å². The van der Waals surface area contributed by atoms with Crippen LogP contribution in [0.2, 0.25) is 0 Å². The average molecular weight is 248 g/mol. The monoisotopic (exact) mass is 248 g/mol. The Morgan fingerprint density at radius 1 is 1.47 bits per heavy atom. The molecule has 0 aliphatic heterocycles. The first-order chi connectivity index (χ1) is 8.28. The van der Waals surface area contributed by atoms with Crippen molar-refractivity contribution < 1.29 is 0 Å². The van der Waals surface area contributed by atoms with Crippen molar-refractivity contribution >= 4 is 16.3 Å². The number of aromatic amines is 1. The van der Waals surface area contributed by atoms with Crippen molar-refractivity contribution in [3.63, 3.8) is 0 Å². The fourth-order valence-corrected chi connectivity index (χ4v) is 2.59. The smallest absolute Gasteiger partial charge is 0.199 e. The topological polar surface area (TPSA) is 84.9 Å². The molecule has 3 aromatic rings. The van der Waals surface area contributed by atoms with E-state index in [1.165, 1.54) is 0 Å². The zero-order valence-corrected chi connectivity index (χ0v) is 10.2. The first-order valence-electron chi connectivity index (χ1n) is 5.33. The quantitative estimate of drug-likeness (QED) is 0.724. The summed E-state index contributed by atoms with van der Waals surface area (Å²) in [5.41, 5.74) is 7.50. The van der Waals surface area contributed by atoms with Gasteiger partial charge in [-0.3, -0.25) is 9.50 Å². The molecular formula is C10H12N6S. The lowest BCUT2D eigenvalue weighted by molar-refractivity contribution is 0.937. The maximum atomic E-state index is 5.53. The van der Waals surface area contributed by atoms with E-state index in [9.17, 15) is 0 Å². The van der Waals surface area contributed by atoms with Gasteiger partial charge >= 0.3 is 0 Å². The van der Waals surface area contributed by atoms with Crippen LogP contribution in [0.4, 0.5) is 0 Å². The van der Waals surface area contributed by atoms with E-state index in [2.05, 4.69) is 20.2 Å². The SMILES string of the molecule is Cc1nc(-c2csc3nc(CCN)cn23)n[nH]1. The highest BCUT2D eigenvalue weighted by Crippen LogP contribution is 2.23. The Bertz CT molecular complexity index is 649. The van der Waals surface area contributed by atoms with Gasteiger partial charge in [0.25, 0.3) is 0 Å². The van der Waals surface area contributed by atoms with Gasteiger partial charge in [0.1, 0.15) is 11.5 Å². The molecule has 88 valence electrons. The van der Waals surface area contributed by atoms with E-state index in [4.69, 9.17) is 5.73 Å². The van der Waals surface area contributed by atoms with Crippen molar-refractivity contribution in [3.05, 3.63) is 23.1 Å². The van der Waals surface area contributed by atoms with Crippen LogP contribution in [0.25, 0.3) is 16.5 Å². The van der Waals surface area contributed by atoms with E-state index < -0.39 is 0 Å². The van der Waals surface area contributed by atoms with Crippen LogP contribution in [-0.2, 0) is 6.42 Å². The van der Waals surface area contributed by atoms with E-state index in [-0.39, 0.29) is 0 Å². The highest BCUT2D eigenvalue weighted by Gasteiger charge is 2.12. The molecule has 3 aromatic heterocycles. The predicted molar refractivity (Wildman–Crippen MR) is 65.9 cm³/mol. The Labute approximate surface area is 102 Å². The molecule has 0 unspecified atom stereocenters. The van der Waals surface area contributed by atoms with Crippen molar-refractivity contribution in [3.8, 4) is 11.5 Å². The van der Waals surface area contributed by atoms with Crippen molar-refractivity contribution in [1.82, 2.24) is 24.6 Å². The van der Waals surface area contributed by atoms with Crippen molar-refractivity contribution in [2.45, 2.75) is 13.3 Å². The van der Waals surface area contributed by atoms with Crippen molar-refractivity contribution in [2.24, 2.45) is 5.73 Å². The van der Waals surface area contributed by atoms with Gasteiger partial charge in [0.15, 0.2) is 10.8 Å². The molecule has 0 bridgehead atoms. The molecule has 0 amide bonds. The Kier molecular flexibility index (Phi) is 2.41. The molecule has 7 heteroatoms. The second kappa shape index (κ2) is 3.94. The summed E-state index contributed by atoms with van der Waals surface area (Å²) in [6.45, 7) is 2.49. The maximum absolute atomic E-state index is 5.53. The third-order valence-corrected chi connectivity index (χ3v) is 3.33. The number of aryl methyl sites for hydroxylation is 1. The molecule has 3 rings (SSSR count). The molecule has 3 N–H and O–H groups in total. The molecule has 0 spiro atoms. The molecule has 17 heavy (non-hydrogen) atoms. The van der Waals surface area contributed by atoms with Crippen LogP contribution in [0.3, 0.4) is 0 Å². The van der Waals surface area contributed by atoms with E-state index in [0.29, 0.717) is 12.4 Å². The number of rotatable bonds is 3. The van der Waals surface area contributed by atoms with Gasteiger partial charge in [0, 0.05) is 18.0 Å². The first kappa shape index (κ1) is 10.4. The van der Waals surface area contributed by atoms with Crippen LogP contribution in [0.5, 0.6) is 0 Å². The van der Waals surface area contributed by atoms with Gasteiger partial charge in [0.2, 0.25) is 0 Å². The zero-order chi connectivity index (χ0) is 11.8. The van der Waals surface area contributed by atoms with Crippen LogP contribution in [0, 0.1) is 6.92 Å². The molecular weight excluding hydrogens is 236 g/mol. The summed E-state index contributed by atoms with van der Waals surface area (Å²) in [4.78, 5) is 9.77. The molecule has 0 atom stereocenters.